The van der Waals surface area contributed by atoms with Gasteiger partial charge in [-0.25, -0.2) is 0 Å². The van der Waals surface area contributed by atoms with Crippen LogP contribution in [0.3, 0.4) is 0 Å². The number of primary amides is 1. The second kappa shape index (κ2) is 10.6. The van der Waals surface area contributed by atoms with Gasteiger partial charge in [-0.1, -0.05) is 19.1 Å². The van der Waals surface area contributed by atoms with Crippen LogP contribution in [0.1, 0.15) is 59.0 Å². The molecule has 36 heavy (non-hydrogen) atoms. The van der Waals surface area contributed by atoms with Gasteiger partial charge in [0.2, 0.25) is 5.91 Å². The summed E-state index contributed by atoms with van der Waals surface area (Å²) in [5, 5.41) is 12.8. The van der Waals surface area contributed by atoms with Gasteiger partial charge in [0.15, 0.2) is 5.69 Å². The summed E-state index contributed by atoms with van der Waals surface area (Å²) in [6.07, 6.45) is 0.640. The zero-order valence-corrected chi connectivity index (χ0v) is 21.3. The molecule has 0 aliphatic carbocycles. The standard InChI is InChI=1S/C25H29N5O5S/c1-5-25(2,3)28-23(33)20(14-6-10-16(31)11-7-14)30(15-8-12-17(35-4)13-9-15)24(34)21-18(26)19(22(27)32)29-36-21/h6-13,20,31H,5,26H2,1-4H3,(H2,27,32)(H,28,33)/t20-/m1/s1. The molecule has 2 aromatic carbocycles. The van der Waals surface area contributed by atoms with E-state index in [1.165, 1.54) is 24.1 Å². The largest absolute Gasteiger partial charge is 0.508 e. The van der Waals surface area contributed by atoms with E-state index in [2.05, 4.69) is 9.69 Å². The topological polar surface area (TPSA) is 161 Å². The predicted octanol–water partition coefficient (Wildman–Crippen LogP) is 3.23. The van der Waals surface area contributed by atoms with Crippen molar-refractivity contribution < 1.29 is 24.2 Å². The number of hydrogen-bond acceptors (Lipinski definition) is 8. The first-order chi connectivity index (χ1) is 17.0. The molecule has 6 N–H and O–H groups in total. The number of phenols is 1. The second-order valence-corrected chi connectivity index (χ2v) is 9.51. The minimum Gasteiger partial charge on any atom is -0.508 e. The number of aromatic nitrogens is 1. The monoisotopic (exact) mass is 511 g/mol. The Kier molecular flexibility index (Phi) is 7.83. The van der Waals surface area contributed by atoms with E-state index in [9.17, 15) is 19.5 Å². The molecule has 11 heteroatoms. The molecule has 0 bridgehead atoms. The van der Waals surface area contributed by atoms with Crippen LogP contribution in [0.15, 0.2) is 48.5 Å². The highest BCUT2D eigenvalue weighted by Crippen LogP contribution is 2.34. The molecule has 0 saturated heterocycles. The fourth-order valence-electron chi connectivity index (χ4n) is 3.43. The highest BCUT2D eigenvalue weighted by Gasteiger charge is 2.37. The van der Waals surface area contributed by atoms with E-state index >= 15 is 0 Å². The predicted molar refractivity (Wildman–Crippen MR) is 138 cm³/mol. The van der Waals surface area contributed by atoms with E-state index in [-0.39, 0.29) is 22.0 Å². The third-order valence-corrected chi connectivity index (χ3v) is 6.64. The number of nitrogen functional groups attached to an aromatic ring is 1. The maximum Gasteiger partial charge on any atom is 0.273 e. The highest BCUT2D eigenvalue weighted by molar-refractivity contribution is 7.09. The van der Waals surface area contributed by atoms with Crippen molar-refractivity contribution in [3.8, 4) is 11.5 Å². The number of rotatable bonds is 9. The maximum absolute atomic E-state index is 14.0. The number of methoxy groups -OCH3 is 1. The van der Waals surface area contributed by atoms with Gasteiger partial charge in [0.05, 0.1) is 12.8 Å². The Labute approximate surface area is 213 Å². The van der Waals surface area contributed by atoms with Gasteiger partial charge in [-0.2, -0.15) is 4.37 Å². The Hall–Kier alpha value is -4.12. The summed E-state index contributed by atoms with van der Waals surface area (Å²) in [5.41, 5.74) is 11.3. The molecule has 1 atom stereocenters. The van der Waals surface area contributed by atoms with Crippen molar-refractivity contribution in [1.29, 1.82) is 0 Å². The van der Waals surface area contributed by atoms with Crippen LogP contribution in [-0.4, -0.2) is 39.9 Å². The lowest BCUT2D eigenvalue weighted by Gasteiger charge is -2.34. The third kappa shape index (κ3) is 5.57. The molecule has 1 aromatic heterocycles. The van der Waals surface area contributed by atoms with Crippen LogP contribution in [0.5, 0.6) is 11.5 Å². The summed E-state index contributed by atoms with van der Waals surface area (Å²) >= 11 is 0.724. The number of nitrogens with one attached hydrogen (secondary N) is 1. The van der Waals surface area contributed by atoms with Crippen molar-refractivity contribution in [2.75, 3.05) is 17.7 Å². The molecule has 0 spiro atoms. The Morgan fingerprint density at radius 1 is 1.14 bits per heavy atom. The minimum atomic E-state index is -1.16. The first kappa shape index (κ1) is 26.5. The Morgan fingerprint density at radius 2 is 1.75 bits per heavy atom. The Bertz CT molecular complexity index is 1250. The number of nitrogens with zero attached hydrogens (tertiary/aromatic N) is 2. The van der Waals surface area contributed by atoms with Crippen molar-refractivity contribution in [2.45, 2.75) is 38.8 Å². The summed E-state index contributed by atoms with van der Waals surface area (Å²) in [5.74, 6) is -1.40. The SMILES string of the molecule is CCC(C)(C)NC(=O)[C@@H](c1ccc(O)cc1)N(C(=O)c1snc(C(N)=O)c1N)c1ccc(OC)cc1. The second-order valence-electron chi connectivity index (χ2n) is 8.73. The van der Waals surface area contributed by atoms with Crippen LogP contribution in [0.4, 0.5) is 11.4 Å². The van der Waals surface area contributed by atoms with Gasteiger partial charge < -0.3 is 26.6 Å². The number of nitrogens with two attached hydrogens (primary N) is 2. The first-order valence-corrected chi connectivity index (χ1v) is 11.9. The fourth-order valence-corrected chi connectivity index (χ4v) is 4.17. The van der Waals surface area contributed by atoms with Crippen molar-refractivity contribution in [1.82, 2.24) is 9.69 Å². The number of aromatic hydroxyl groups is 1. The Balaban J connectivity index is 2.22. The number of hydrogen-bond donors (Lipinski definition) is 4. The van der Waals surface area contributed by atoms with Gasteiger partial charge in [0, 0.05) is 11.2 Å². The molecule has 1 heterocycles. The smallest absolute Gasteiger partial charge is 0.273 e. The van der Waals surface area contributed by atoms with Crippen molar-refractivity contribution in [3.63, 3.8) is 0 Å². The molecule has 190 valence electrons. The van der Waals surface area contributed by atoms with Crippen LogP contribution < -0.4 is 26.4 Å². The zero-order chi connectivity index (χ0) is 26.6. The number of benzene rings is 2. The van der Waals surface area contributed by atoms with E-state index in [4.69, 9.17) is 16.2 Å². The van der Waals surface area contributed by atoms with E-state index in [1.807, 2.05) is 20.8 Å². The van der Waals surface area contributed by atoms with E-state index in [0.717, 1.165) is 11.5 Å². The number of carbonyl (C=O) groups is 3. The molecular weight excluding hydrogens is 482 g/mol. The zero-order valence-electron chi connectivity index (χ0n) is 20.4. The minimum absolute atomic E-state index is 0.00641. The summed E-state index contributed by atoms with van der Waals surface area (Å²) in [6.45, 7) is 5.68. The molecular formula is C25H29N5O5S. The number of anilines is 2. The summed E-state index contributed by atoms with van der Waals surface area (Å²) in [4.78, 5) is 40.7. The number of phenolic OH excluding ortho intramolecular Hbond substituents is 1. The lowest BCUT2D eigenvalue weighted by molar-refractivity contribution is -0.124. The van der Waals surface area contributed by atoms with Gasteiger partial charge >= 0.3 is 0 Å². The van der Waals surface area contributed by atoms with Crippen molar-refractivity contribution >= 4 is 40.6 Å². The van der Waals surface area contributed by atoms with Crippen molar-refractivity contribution in [2.24, 2.45) is 5.73 Å². The molecule has 0 fully saturated rings. The van der Waals surface area contributed by atoms with Crippen LogP contribution in [0.25, 0.3) is 0 Å². The Morgan fingerprint density at radius 3 is 2.25 bits per heavy atom. The van der Waals surface area contributed by atoms with Gasteiger partial charge in [0.1, 0.15) is 22.4 Å². The molecule has 0 saturated carbocycles. The van der Waals surface area contributed by atoms with Gasteiger partial charge in [-0.15, -0.1) is 0 Å². The van der Waals surface area contributed by atoms with Gasteiger partial charge in [-0.3, -0.25) is 19.3 Å². The molecule has 0 unspecified atom stereocenters. The normalized spacial score (nSPS) is 12.0. The fraction of sp³-hybridized carbons (Fsp3) is 0.280. The van der Waals surface area contributed by atoms with Crippen LogP contribution in [0.2, 0.25) is 0 Å². The molecule has 10 nitrogen and oxygen atoms in total. The van der Waals surface area contributed by atoms with Crippen LogP contribution in [0, 0.1) is 0 Å². The lowest BCUT2D eigenvalue weighted by Crippen LogP contribution is -2.50. The molecule has 0 radical (unpaired) electrons. The average Bonchev–Trinajstić information content (AvgIpc) is 3.24. The molecule has 3 rings (SSSR count). The molecule has 0 aliphatic rings. The molecule has 3 amide bonds. The molecule has 0 aliphatic heterocycles. The summed E-state index contributed by atoms with van der Waals surface area (Å²) < 4.78 is 9.18. The average molecular weight is 512 g/mol. The summed E-state index contributed by atoms with van der Waals surface area (Å²) in [7, 11) is 1.51. The first-order valence-electron chi connectivity index (χ1n) is 11.1. The summed E-state index contributed by atoms with van der Waals surface area (Å²) in [6, 6.07) is 11.4. The van der Waals surface area contributed by atoms with E-state index in [1.54, 1.807) is 36.4 Å². The van der Waals surface area contributed by atoms with Gasteiger partial charge in [-0.05, 0) is 73.8 Å². The molecule has 3 aromatic rings. The van der Waals surface area contributed by atoms with E-state index < -0.39 is 29.3 Å². The number of ether oxygens (including phenoxy) is 1. The van der Waals surface area contributed by atoms with Crippen molar-refractivity contribution in [3.05, 3.63) is 64.7 Å². The van der Waals surface area contributed by atoms with E-state index in [0.29, 0.717) is 23.4 Å². The van der Waals surface area contributed by atoms with Crippen LogP contribution >= 0.6 is 11.5 Å². The quantitative estimate of drug-likeness (QED) is 0.343. The van der Waals surface area contributed by atoms with Crippen LogP contribution in [-0.2, 0) is 4.79 Å². The van der Waals surface area contributed by atoms with Gasteiger partial charge in [0.25, 0.3) is 11.8 Å². The highest BCUT2D eigenvalue weighted by atomic mass is 32.1. The third-order valence-electron chi connectivity index (χ3n) is 5.79. The lowest BCUT2D eigenvalue weighted by atomic mass is 9.98. The number of amides is 3. The number of carbonyl (C=O) groups excluding carboxylic acids is 3. The maximum atomic E-state index is 14.0.